The third-order valence-electron chi connectivity index (χ3n) is 7.16. The van der Waals surface area contributed by atoms with E-state index in [1.807, 2.05) is 0 Å². The van der Waals surface area contributed by atoms with E-state index in [4.69, 9.17) is 0 Å². The molecule has 3 rings (SSSR count). The smallest absolute Gasteiger partial charge is 0.147 e. The largest absolute Gasteiger partial charge is 0.389 e. The van der Waals surface area contributed by atoms with E-state index in [1.165, 1.54) is 5.57 Å². The molecule has 2 fully saturated rings. The maximum absolute atomic E-state index is 13.5. The van der Waals surface area contributed by atoms with Crippen molar-refractivity contribution in [2.24, 2.45) is 28.6 Å². The Morgan fingerprint density at radius 3 is 2.55 bits per heavy atom. The molecule has 3 aliphatic rings. The Kier molecular flexibility index (Phi) is 3.49. The number of hydrogen-bond acceptors (Lipinski definition) is 2. The molecular weight excluding hydrogens is 272 g/mol. The summed E-state index contributed by atoms with van der Waals surface area (Å²) >= 11 is 0. The topological polar surface area (TPSA) is 37.3 Å². The van der Waals surface area contributed by atoms with Crippen molar-refractivity contribution in [2.75, 3.05) is 0 Å². The monoisotopic (exact) mass is 302 g/mol. The Morgan fingerprint density at radius 1 is 1.23 bits per heavy atom. The van der Waals surface area contributed by atoms with Gasteiger partial charge in [-0.05, 0) is 43.9 Å². The molecule has 0 saturated heterocycles. The highest BCUT2D eigenvalue weighted by molar-refractivity contribution is 5.91. The van der Waals surface area contributed by atoms with Crippen LogP contribution in [0.4, 0.5) is 0 Å². The SMILES string of the molecule is CC1=CC=C[C@]2(C)CC[C@H]3[C@](O)(C(C)C)CC[C@]3(C)C(=O)[C@H]12. The van der Waals surface area contributed by atoms with Gasteiger partial charge in [-0.2, -0.15) is 0 Å². The third-order valence-corrected chi connectivity index (χ3v) is 7.16. The molecule has 2 nitrogen and oxygen atoms in total. The maximum Gasteiger partial charge on any atom is 0.147 e. The molecular formula is C20H30O2. The third kappa shape index (κ3) is 1.92. The van der Waals surface area contributed by atoms with Crippen LogP contribution in [0.15, 0.2) is 23.8 Å². The minimum absolute atomic E-state index is 0.0120. The lowest BCUT2D eigenvalue weighted by atomic mass is 9.63. The van der Waals surface area contributed by atoms with E-state index >= 15 is 0 Å². The van der Waals surface area contributed by atoms with Crippen molar-refractivity contribution < 1.29 is 9.90 Å². The first-order valence-corrected chi connectivity index (χ1v) is 8.78. The Labute approximate surface area is 134 Å². The van der Waals surface area contributed by atoms with Gasteiger partial charge < -0.3 is 5.11 Å². The number of aliphatic hydroxyl groups is 1. The zero-order valence-electron chi connectivity index (χ0n) is 14.6. The fourth-order valence-electron chi connectivity index (χ4n) is 5.57. The van der Waals surface area contributed by atoms with Gasteiger partial charge in [-0.15, -0.1) is 0 Å². The molecule has 0 unspecified atom stereocenters. The van der Waals surface area contributed by atoms with Crippen LogP contribution < -0.4 is 0 Å². The predicted molar refractivity (Wildman–Crippen MR) is 89.4 cm³/mol. The van der Waals surface area contributed by atoms with Gasteiger partial charge in [-0.3, -0.25) is 4.79 Å². The van der Waals surface area contributed by atoms with Crippen LogP contribution in [-0.4, -0.2) is 16.5 Å². The molecule has 0 aliphatic heterocycles. The van der Waals surface area contributed by atoms with Gasteiger partial charge in [0.2, 0.25) is 0 Å². The van der Waals surface area contributed by atoms with Gasteiger partial charge >= 0.3 is 0 Å². The zero-order chi connectivity index (χ0) is 16.3. The van der Waals surface area contributed by atoms with E-state index in [9.17, 15) is 9.90 Å². The van der Waals surface area contributed by atoms with Crippen LogP contribution >= 0.6 is 0 Å². The fourth-order valence-corrected chi connectivity index (χ4v) is 5.57. The second kappa shape index (κ2) is 4.80. The minimum Gasteiger partial charge on any atom is -0.389 e. The maximum atomic E-state index is 13.5. The van der Waals surface area contributed by atoms with Crippen LogP contribution in [0.3, 0.4) is 0 Å². The second-order valence-electron chi connectivity index (χ2n) is 8.73. The molecule has 0 amide bonds. The van der Waals surface area contributed by atoms with E-state index in [-0.39, 0.29) is 28.6 Å². The molecule has 0 spiro atoms. The van der Waals surface area contributed by atoms with Gasteiger partial charge in [0.05, 0.1) is 5.60 Å². The van der Waals surface area contributed by atoms with E-state index in [0.29, 0.717) is 5.78 Å². The van der Waals surface area contributed by atoms with Crippen molar-refractivity contribution in [2.45, 2.75) is 65.9 Å². The number of Topliss-reactive ketones (excluding diaryl/α,β-unsaturated/α-hetero) is 1. The Morgan fingerprint density at radius 2 is 1.91 bits per heavy atom. The van der Waals surface area contributed by atoms with E-state index in [2.05, 4.69) is 52.8 Å². The van der Waals surface area contributed by atoms with Crippen molar-refractivity contribution in [1.82, 2.24) is 0 Å². The molecule has 2 saturated carbocycles. The Hall–Kier alpha value is -0.890. The standard InChI is InChI=1S/C20H30O2/c1-13(2)20(22)12-11-19(5)15(20)8-10-18(4)9-6-7-14(3)16(18)17(19)21/h6-7,9,13,15-16,22H,8,10-12H2,1-5H3/t15-,16+,18-,19+,20-/m1/s1. The van der Waals surface area contributed by atoms with Gasteiger partial charge in [-0.1, -0.05) is 51.5 Å². The summed E-state index contributed by atoms with van der Waals surface area (Å²) in [5.41, 5.74) is 0.0511. The van der Waals surface area contributed by atoms with E-state index in [0.717, 1.165) is 25.7 Å². The summed E-state index contributed by atoms with van der Waals surface area (Å²) in [5, 5.41) is 11.3. The molecule has 0 aromatic carbocycles. The summed E-state index contributed by atoms with van der Waals surface area (Å²) in [6.07, 6.45) is 9.95. The number of fused-ring (bicyclic) bond motifs is 2. The minimum atomic E-state index is -0.685. The lowest BCUT2D eigenvalue weighted by Crippen LogP contribution is -2.46. The van der Waals surface area contributed by atoms with Gasteiger partial charge in [0.1, 0.15) is 5.78 Å². The first-order chi connectivity index (χ1) is 10.2. The van der Waals surface area contributed by atoms with Crippen molar-refractivity contribution in [3.63, 3.8) is 0 Å². The van der Waals surface area contributed by atoms with Crippen molar-refractivity contribution in [3.8, 4) is 0 Å². The Bertz CT molecular complexity index is 558. The highest BCUT2D eigenvalue weighted by Crippen LogP contribution is 2.61. The quantitative estimate of drug-likeness (QED) is 0.784. The first kappa shape index (κ1) is 16.0. The molecule has 0 radical (unpaired) electrons. The number of carbonyl (C=O) groups excluding carboxylic acids is 1. The summed E-state index contributed by atoms with van der Waals surface area (Å²) in [6.45, 7) is 10.6. The van der Waals surface area contributed by atoms with Crippen molar-refractivity contribution >= 4 is 5.78 Å². The van der Waals surface area contributed by atoms with Crippen LogP contribution in [0.5, 0.6) is 0 Å². The average Bonchev–Trinajstić information content (AvgIpc) is 2.66. The van der Waals surface area contributed by atoms with E-state index in [1.54, 1.807) is 0 Å². The first-order valence-electron chi connectivity index (χ1n) is 8.78. The molecule has 5 atom stereocenters. The van der Waals surface area contributed by atoms with Gasteiger partial charge in [0, 0.05) is 17.3 Å². The van der Waals surface area contributed by atoms with Crippen molar-refractivity contribution in [3.05, 3.63) is 23.8 Å². The van der Waals surface area contributed by atoms with Gasteiger partial charge in [-0.25, -0.2) is 0 Å². The highest BCUT2D eigenvalue weighted by Gasteiger charge is 2.62. The van der Waals surface area contributed by atoms with Crippen LogP contribution in [0.1, 0.15) is 60.3 Å². The summed E-state index contributed by atoms with van der Waals surface area (Å²) < 4.78 is 0. The number of rotatable bonds is 1. The zero-order valence-corrected chi connectivity index (χ0v) is 14.6. The highest BCUT2D eigenvalue weighted by atomic mass is 16.3. The summed E-state index contributed by atoms with van der Waals surface area (Å²) in [4.78, 5) is 13.5. The lowest BCUT2D eigenvalue weighted by Gasteiger charge is -2.40. The van der Waals surface area contributed by atoms with Crippen LogP contribution in [0.2, 0.25) is 0 Å². The number of ketones is 1. The molecule has 0 bridgehead atoms. The molecule has 1 N–H and O–H groups in total. The average molecular weight is 302 g/mol. The van der Waals surface area contributed by atoms with Crippen LogP contribution in [-0.2, 0) is 4.79 Å². The molecule has 0 aromatic rings. The summed E-state index contributed by atoms with van der Waals surface area (Å²) in [5.74, 6) is 0.651. The number of allylic oxidation sites excluding steroid dienone is 4. The van der Waals surface area contributed by atoms with Gasteiger partial charge in [0.15, 0.2) is 0 Å². The van der Waals surface area contributed by atoms with Crippen LogP contribution in [0, 0.1) is 28.6 Å². The second-order valence-corrected chi connectivity index (χ2v) is 8.73. The lowest BCUT2D eigenvalue weighted by molar-refractivity contribution is -0.137. The molecule has 2 heteroatoms. The summed E-state index contributed by atoms with van der Waals surface area (Å²) in [7, 11) is 0. The fraction of sp³-hybridized carbons (Fsp3) is 0.750. The molecule has 0 heterocycles. The van der Waals surface area contributed by atoms with Crippen LogP contribution in [0.25, 0.3) is 0 Å². The summed E-state index contributed by atoms with van der Waals surface area (Å²) in [6, 6.07) is 0. The van der Waals surface area contributed by atoms with Crippen molar-refractivity contribution in [1.29, 1.82) is 0 Å². The van der Waals surface area contributed by atoms with E-state index < -0.39 is 5.60 Å². The predicted octanol–water partition coefficient (Wildman–Crippen LogP) is 4.29. The molecule has 122 valence electrons. The molecule has 22 heavy (non-hydrogen) atoms. The normalized spacial score (nSPS) is 48.0. The number of hydrogen-bond donors (Lipinski definition) is 1. The molecule has 3 aliphatic carbocycles. The van der Waals surface area contributed by atoms with Gasteiger partial charge in [0.25, 0.3) is 0 Å². The number of carbonyl (C=O) groups is 1. The molecule has 0 aromatic heterocycles. The Balaban J connectivity index is 2.08.